The van der Waals surface area contributed by atoms with Crippen LogP contribution in [0.15, 0.2) is 53.4 Å². The molecule has 0 fully saturated rings. The second kappa shape index (κ2) is 5.81. The quantitative estimate of drug-likeness (QED) is 0.640. The van der Waals surface area contributed by atoms with Gasteiger partial charge in [-0.05, 0) is 19.1 Å². The monoisotopic (exact) mass is 319 g/mol. The molecule has 116 valence electrons. The highest BCUT2D eigenvalue weighted by atomic mass is 32.2. The fourth-order valence-corrected chi connectivity index (χ4v) is 3.21. The largest absolute Gasteiger partial charge is 0.377 e. The van der Waals surface area contributed by atoms with E-state index < -0.39 is 16.1 Å². The topological polar surface area (TPSA) is 63.7 Å². The molecule has 0 aromatic heterocycles. The summed E-state index contributed by atoms with van der Waals surface area (Å²) >= 11 is 0. The summed E-state index contributed by atoms with van der Waals surface area (Å²) in [7, 11) is -0.458. The van der Waals surface area contributed by atoms with Gasteiger partial charge in [-0.15, -0.1) is 0 Å². The van der Waals surface area contributed by atoms with Crippen molar-refractivity contribution in [3.8, 4) is 0 Å². The van der Waals surface area contributed by atoms with Gasteiger partial charge >= 0.3 is 16.1 Å². The molecule has 0 heterocycles. The van der Waals surface area contributed by atoms with Crippen molar-refractivity contribution in [2.45, 2.75) is 11.8 Å². The third kappa shape index (κ3) is 2.96. The van der Waals surface area contributed by atoms with Crippen molar-refractivity contribution in [2.24, 2.45) is 0 Å². The van der Waals surface area contributed by atoms with Crippen LogP contribution >= 0.6 is 0 Å². The van der Waals surface area contributed by atoms with E-state index in [1.165, 1.54) is 13.0 Å². The molecule has 5 nitrogen and oxygen atoms in total. The highest BCUT2D eigenvalue weighted by Gasteiger charge is 2.23. The Balaban J connectivity index is 2.64. The molecular weight excluding hydrogens is 302 g/mol. The summed E-state index contributed by atoms with van der Waals surface area (Å²) in [4.78, 5) is 13.4. The van der Waals surface area contributed by atoms with Crippen LogP contribution in [0.3, 0.4) is 0 Å². The van der Waals surface area contributed by atoms with Crippen molar-refractivity contribution in [3.63, 3.8) is 0 Å². The average molecular weight is 319 g/mol. The Labute approximate surface area is 129 Å². The predicted molar refractivity (Wildman–Crippen MR) is 86.4 cm³/mol. The van der Waals surface area contributed by atoms with Crippen molar-refractivity contribution >= 4 is 32.5 Å². The van der Waals surface area contributed by atoms with E-state index in [9.17, 15) is 13.2 Å². The standard InChI is InChI=1S/C16H17NO4S/c1-11(2)16(18)21-22(19,20)15-10-6-7-12-13(15)8-5-9-14(12)17(3)4/h5-10H,1H2,2-4H3. The average Bonchev–Trinajstić information content (AvgIpc) is 2.45. The van der Waals surface area contributed by atoms with E-state index in [2.05, 4.69) is 10.8 Å². The van der Waals surface area contributed by atoms with Gasteiger partial charge in [0.15, 0.2) is 0 Å². The summed E-state index contributed by atoms with van der Waals surface area (Å²) < 4.78 is 29.3. The Hall–Kier alpha value is -2.34. The summed E-state index contributed by atoms with van der Waals surface area (Å²) in [5.41, 5.74) is 0.901. The first-order valence-corrected chi connectivity index (χ1v) is 7.98. The SMILES string of the molecule is C=C(C)C(=O)OS(=O)(=O)c1cccc2c(N(C)C)cccc12. The van der Waals surface area contributed by atoms with Gasteiger partial charge in [-0.25, -0.2) is 4.79 Å². The molecular formula is C16H17NO4S. The molecule has 0 aliphatic carbocycles. The number of carbonyl (C=O) groups is 1. The van der Waals surface area contributed by atoms with Gasteiger partial charge in [0.1, 0.15) is 4.90 Å². The van der Waals surface area contributed by atoms with Crippen LogP contribution in [0.5, 0.6) is 0 Å². The maximum absolute atomic E-state index is 12.3. The minimum Gasteiger partial charge on any atom is -0.377 e. The van der Waals surface area contributed by atoms with Gasteiger partial charge in [0, 0.05) is 36.1 Å². The second-order valence-electron chi connectivity index (χ2n) is 5.13. The van der Waals surface area contributed by atoms with E-state index >= 15 is 0 Å². The lowest BCUT2D eigenvalue weighted by Gasteiger charge is -2.16. The fourth-order valence-electron chi connectivity index (χ4n) is 2.09. The molecule has 6 heteroatoms. The van der Waals surface area contributed by atoms with Crippen LogP contribution in [0.4, 0.5) is 5.69 Å². The van der Waals surface area contributed by atoms with Gasteiger partial charge in [0.05, 0.1) is 0 Å². The fraction of sp³-hybridized carbons (Fsp3) is 0.188. The normalized spacial score (nSPS) is 11.2. The minimum absolute atomic E-state index is 0.0257. The summed E-state index contributed by atoms with van der Waals surface area (Å²) in [6, 6.07) is 10.2. The number of fused-ring (bicyclic) bond motifs is 1. The van der Waals surface area contributed by atoms with E-state index in [0.717, 1.165) is 11.1 Å². The molecule has 0 saturated heterocycles. The molecule has 0 radical (unpaired) electrons. The third-order valence-corrected chi connectivity index (χ3v) is 4.41. The molecule has 22 heavy (non-hydrogen) atoms. The number of rotatable bonds is 4. The summed E-state index contributed by atoms with van der Waals surface area (Å²) in [6.07, 6.45) is 0. The van der Waals surface area contributed by atoms with E-state index in [1.54, 1.807) is 18.2 Å². The summed E-state index contributed by atoms with van der Waals surface area (Å²) in [5, 5.41) is 1.27. The van der Waals surface area contributed by atoms with Gasteiger partial charge in [0.2, 0.25) is 0 Å². The first-order chi connectivity index (χ1) is 10.2. The highest BCUT2D eigenvalue weighted by molar-refractivity contribution is 7.87. The van der Waals surface area contributed by atoms with Crippen LogP contribution in [-0.2, 0) is 19.1 Å². The highest BCUT2D eigenvalue weighted by Crippen LogP contribution is 2.31. The zero-order chi connectivity index (χ0) is 16.5. The number of benzene rings is 2. The molecule has 0 aliphatic rings. The third-order valence-electron chi connectivity index (χ3n) is 3.14. The Bertz CT molecular complexity index is 854. The van der Waals surface area contributed by atoms with E-state index in [1.807, 2.05) is 31.1 Å². The maximum Gasteiger partial charge on any atom is 0.349 e. The lowest BCUT2D eigenvalue weighted by atomic mass is 10.1. The van der Waals surface area contributed by atoms with Crippen LogP contribution in [0.2, 0.25) is 0 Å². The van der Waals surface area contributed by atoms with Gasteiger partial charge < -0.3 is 9.08 Å². The first kappa shape index (κ1) is 16.0. The summed E-state index contributed by atoms with van der Waals surface area (Å²) in [5.74, 6) is -0.958. The second-order valence-corrected chi connectivity index (χ2v) is 6.64. The summed E-state index contributed by atoms with van der Waals surface area (Å²) in [6.45, 7) is 4.78. The molecule has 2 aromatic rings. The Morgan fingerprint density at radius 3 is 2.27 bits per heavy atom. The van der Waals surface area contributed by atoms with Crippen LogP contribution in [0.1, 0.15) is 6.92 Å². The zero-order valence-corrected chi connectivity index (χ0v) is 13.5. The molecule has 0 bridgehead atoms. The smallest absolute Gasteiger partial charge is 0.349 e. The maximum atomic E-state index is 12.3. The molecule has 0 spiro atoms. The Kier molecular flexibility index (Phi) is 4.23. The Morgan fingerprint density at radius 2 is 1.68 bits per heavy atom. The molecule has 0 amide bonds. The van der Waals surface area contributed by atoms with E-state index in [4.69, 9.17) is 0 Å². The van der Waals surface area contributed by atoms with Crippen molar-refractivity contribution in [2.75, 3.05) is 19.0 Å². The van der Waals surface area contributed by atoms with Gasteiger partial charge in [-0.1, -0.05) is 30.8 Å². The molecule has 0 aliphatic heterocycles. The molecule has 0 unspecified atom stereocenters. The van der Waals surface area contributed by atoms with Crippen molar-refractivity contribution in [1.82, 2.24) is 0 Å². The number of hydrogen-bond donors (Lipinski definition) is 0. The van der Waals surface area contributed by atoms with Crippen LogP contribution in [0.25, 0.3) is 10.8 Å². The number of anilines is 1. The van der Waals surface area contributed by atoms with Crippen molar-refractivity contribution in [3.05, 3.63) is 48.6 Å². The van der Waals surface area contributed by atoms with Gasteiger partial charge in [-0.3, -0.25) is 0 Å². The van der Waals surface area contributed by atoms with Gasteiger partial charge in [-0.2, -0.15) is 8.42 Å². The van der Waals surface area contributed by atoms with E-state index in [-0.39, 0.29) is 10.5 Å². The first-order valence-electron chi connectivity index (χ1n) is 6.57. The molecule has 2 rings (SSSR count). The lowest BCUT2D eigenvalue weighted by molar-refractivity contribution is -0.129. The van der Waals surface area contributed by atoms with E-state index in [0.29, 0.717) is 5.39 Å². The van der Waals surface area contributed by atoms with Gasteiger partial charge in [0.25, 0.3) is 0 Å². The van der Waals surface area contributed by atoms with Crippen molar-refractivity contribution < 1.29 is 17.4 Å². The Morgan fingerprint density at radius 1 is 1.09 bits per heavy atom. The van der Waals surface area contributed by atoms with Crippen LogP contribution < -0.4 is 4.90 Å². The van der Waals surface area contributed by atoms with Crippen molar-refractivity contribution in [1.29, 1.82) is 0 Å². The molecule has 0 N–H and O–H groups in total. The molecule has 2 aromatic carbocycles. The van der Waals surface area contributed by atoms with Crippen LogP contribution in [0, 0.1) is 0 Å². The number of nitrogens with zero attached hydrogens (tertiary/aromatic N) is 1. The molecule has 0 saturated carbocycles. The zero-order valence-electron chi connectivity index (χ0n) is 12.7. The molecule has 0 atom stereocenters. The predicted octanol–water partition coefficient (Wildman–Crippen LogP) is 2.71. The number of hydrogen-bond acceptors (Lipinski definition) is 5. The minimum atomic E-state index is -4.20. The lowest BCUT2D eigenvalue weighted by Crippen LogP contribution is -2.14. The van der Waals surface area contributed by atoms with Crippen LogP contribution in [-0.4, -0.2) is 28.5 Å². The number of carbonyl (C=O) groups excluding carboxylic acids is 1.